The van der Waals surface area contributed by atoms with Crippen molar-refractivity contribution in [1.29, 1.82) is 0 Å². The molecule has 0 spiro atoms. The van der Waals surface area contributed by atoms with Crippen LogP contribution in [0.15, 0.2) is 78.9 Å². The summed E-state index contributed by atoms with van der Waals surface area (Å²) < 4.78 is 28.1. The van der Waals surface area contributed by atoms with Gasteiger partial charge in [-0.3, -0.25) is 0 Å². The Morgan fingerprint density at radius 3 is 1.66 bits per heavy atom. The van der Waals surface area contributed by atoms with Gasteiger partial charge in [0.25, 0.3) is 0 Å². The lowest BCUT2D eigenvalue weighted by molar-refractivity contribution is 0.225. The van der Waals surface area contributed by atoms with Gasteiger partial charge >= 0.3 is 15.6 Å². The molecule has 0 unspecified atom stereocenters. The Kier molecular flexibility index (Phi) is 7.73. The van der Waals surface area contributed by atoms with Gasteiger partial charge in [-0.15, -0.1) is 0 Å². The van der Waals surface area contributed by atoms with Crippen LogP contribution in [-0.4, -0.2) is 24.7 Å². The standard InChI is InChI=1S/C18H14O2.H4O7P2/c19-16-12-7-13-17(20-15-10-5-2-6-11-15)18(16)14-8-3-1-4-9-14;1-8(2,3)7-9(4,5)6/h1-13,19H;(H2,1,2,3)(H2,4,5,6). The first kappa shape index (κ1) is 22.8. The lowest BCUT2D eigenvalue weighted by atomic mass is 10.0. The monoisotopic (exact) mass is 440 g/mol. The quantitative estimate of drug-likeness (QED) is 0.370. The third-order valence-electron chi connectivity index (χ3n) is 3.25. The van der Waals surface area contributed by atoms with E-state index in [1.54, 1.807) is 12.1 Å². The molecule has 9 nitrogen and oxygen atoms in total. The predicted octanol–water partition coefficient (Wildman–Crippen LogP) is 4.04. The lowest BCUT2D eigenvalue weighted by Gasteiger charge is -2.12. The van der Waals surface area contributed by atoms with Crippen LogP contribution >= 0.6 is 15.6 Å². The summed E-state index contributed by atoms with van der Waals surface area (Å²) in [5.74, 6) is 1.60. The topological polar surface area (TPSA) is 154 Å². The number of phenolic OH excluding ortho intramolecular Hbond substituents is 1. The Morgan fingerprint density at radius 1 is 0.655 bits per heavy atom. The molecule has 5 N–H and O–H groups in total. The number of phenols is 1. The molecule has 0 aliphatic heterocycles. The molecular formula is C18H18O9P2. The van der Waals surface area contributed by atoms with E-state index in [0.29, 0.717) is 11.3 Å². The molecular weight excluding hydrogens is 422 g/mol. The van der Waals surface area contributed by atoms with Crippen molar-refractivity contribution in [3.63, 3.8) is 0 Å². The van der Waals surface area contributed by atoms with Crippen LogP contribution in [0.1, 0.15) is 0 Å². The summed E-state index contributed by atoms with van der Waals surface area (Å²) >= 11 is 0. The first-order valence-corrected chi connectivity index (χ1v) is 11.0. The molecule has 0 amide bonds. The van der Waals surface area contributed by atoms with Crippen LogP contribution in [0.25, 0.3) is 11.1 Å². The fourth-order valence-electron chi connectivity index (χ4n) is 2.25. The molecule has 0 heterocycles. The van der Waals surface area contributed by atoms with Gasteiger partial charge in [0.05, 0.1) is 5.56 Å². The van der Waals surface area contributed by atoms with Crippen molar-refractivity contribution in [2.24, 2.45) is 0 Å². The van der Waals surface area contributed by atoms with Crippen LogP contribution in [0.2, 0.25) is 0 Å². The molecule has 0 fully saturated rings. The van der Waals surface area contributed by atoms with E-state index in [1.807, 2.05) is 66.7 Å². The number of rotatable bonds is 5. The highest BCUT2D eigenvalue weighted by Crippen LogP contribution is 2.53. The smallest absolute Gasteiger partial charge is 0.478 e. The maximum atomic E-state index is 10.1. The Hall–Kier alpha value is -2.48. The van der Waals surface area contributed by atoms with Gasteiger partial charge in [-0.1, -0.05) is 54.6 Å². The van der Waals surface area contributed by atoms with Gasteiger partial charge in [0.2, 0.25) is 0 Å². The van der Waals surface area contributed by atoms with Crippen molar-refractivity contribution < 1.29 is 42.9 Å². The Morgan fingerprint density at radius 2 is 1.17 bits per heavy atom. The average Bonchev–Trinajstić information content (AvgIpc) is 2.61. The second-order valence-corrected chi connectivity index (χ2v) is 8.11. The van der Waals surface area contributed by atoms with Crippen molar-refractivity contribution in [3.8, 4) is 28.4 Å². The first-order chi connectivity index (χ1) is 13.6. The molecule has 3 aromatic rings. The van der Waals surface area contributed by atoms with Gasteiger partial charge in [0.15, 0.2) is 0 Å². The van der Waals surface area contributed by atoms with E-state index in [0.717, 1.165) is 11.3 Å². The molecule has 0 atom stereocenters. The van der Waals surface area contributed by atoms with Crippen molar-refractivity contribution in [3.05, 3.63) is 78.9 Å². The second-order valence-electron chi connectivity index (χ2n) is 5.49. The van der Waals surface area contributed by atoms with Gasteiger partial charge in [0.1, 0.15) is 17.2 Å². The summed E-state index contributed by atoms with van der Waals surface area (Å²) in [5, 5.41) is 10.1. The summed E-state index contributed by atoms with van der Waals surface area (Å²) in [5.41, 5.74) is 1.63. The van der Waals surface area contributed by atoms with E-state index in [1.165, 1.54) is 0 Å². The van der Waals surface area contributed by atoms with Crippen molar-refractivity contribution in [2.45, 2.75) is 0 Å². The molecule has 0 aromatic heterocycles. The largest absolute Gasteiger partial charge is 0.507 e. The van der Waals surface area contributed by atoms with Gasteiger partial charge < -0.3 is 29.4 Å². The summed E-state index contributed by atoms with van der Waals surface area (Å²) in [6.45, 7) is 0. The molecule has 0 aliphatic rings. The zero-order chi connectivity index (χ0) is 21.5. The highest BCUT2D eigenvalue weighted by molar-refractivity contribution is 7.60. The SMILES string of the molecule is O=P(O)(O)OP(=O)(O)O.Oc1cccc(Oc2ccccc2)c1-c1ccccc1. The Labute approximate surface area is 166 Å². The number of benzene rings is 3. The molecule has 3 aromatic carbocycles. The Balaban J connectivity index is 0.000000284. The molecule has 0 saturated carbocycles. The number of hydrogen-bond donors (Lipinski definition) is 5. The van der Waals surface area contributed by atoms with Crippen LogP contribution in [0.3, 0.4) is 0 Å². The molecule has 29 heavy (non-hydrogen) atoms. The number of ether oxygens (including phenoxy) is 1. The third-order valence-corrected chi connectivity index (χ3v) is 4.95. The fraction of sp³-hybridized carbons (Fsp3) is 0. The van der Waals surface area contributed by atoms with Crippen molar-refractivity contribution in [2.75, 3.05) is 0 Å². The molecule has 0 bridgehead atoms. The second kappa shape index (κ2) is 9.82. The number of para-hydroxylation sites is 1. The summed E-state index contributed by atoms with van der Waals surface area (Å²) in [4.78, 5) is 31.0. The minimum Gasteiger partial charge on any atom is -0.507 e. The predicted molar refractivity (Wildman–Crippen MR) is 105 cm³/mol. The number of aromatic hydroxyl groups is 1. The van der Waals surface area contributed by atoms with Gasteiger partial charge in [-0.05, 0) is 29.8 Å². The zero-order valence-corrected chi connectivity index (χ0v) is 16.6. The maximum Gasteiger partial charge on any atom is 0.478 e. The van der Waals surface area contributed by atoms with Crippen molar-refractivity contribution >= 4 is 15.6 Å². The van der Waals surface area contributed by atoms with Crippen LogP contribution in [0.5, 0.6) is 17.2 Å². The van der Waals surface area contributed by atoms with E-state index < -0.39 is 15.6 Å². The third kappa shape index (κ3) is 8.19. The average molecular weight is 440 g/mol. The number of phosphoric acid groups is 2. The summed E-state index contributed by atoms with van der Waals surface area (Å²) in [6, 6.07) is 24.6. The zero-order valence-electron chi connectivity index (χ0n) is 14.8. The highest BCUT2D eigenvalue weighted by Gasteiger charge is 2.27. The van der Waals surface area contributed by atoms with Crippen LogP contribution < -0.4 is 4.74 Å². The minimum atomic E-state index is -5.05. The highest BCUT2D eigenvalue weighted by atomic mass is 31.3. The maximum absolute atomic E-state index is 10.1. The van der Waals surface area contributed by atoms with E-state index >= 15 is 0 Å². The van der Waals surface area contributed by atoms with Crippen molar-refractivity contribution in [1.82, 2.24) is 0 Å². The van der Waals surface area contributed by atoms with E-state index in [-0.39, 0.29) is 5.75 Å². The molecule has 0 radical (unpaired) electrons. The molecule has 154 valence electrons. The fourth-order valence-corrected chi connectivity index (χ4v) is 3.36. The molecule has 0 saturated heterocycles. The summed E-state index contributed by atoms with van der Waals surface area (Å²) in [6.07, 6.45) is 0. The minimum absolute atomic E-state index is 0.213. The van der Waals surface area contributed by atoms with E-state index in [4.69, 9.17) is 24.3 Å². The Bertz CT molecular complexity index is 994. The van der Waals surface area contributed by atoms with Crippen LogP contribution in [0, 0.1) is 0 Å². The van der Waals surface area contributed by atoms with Crippen LogP contribution in [0.4, 0.5) is 0 Å². The van der Waals surface area contributed by atoms with Gasteiger partial charge in [-0.25, -0.2) is 9.13 Å². The van der Waals surface area contributed by atoms with Gasteiger partial charge in [-0.2, -0.15) is 4.31 Å². The number of hydrogen-bond acceptors (Lipinski definition) is 5. The first-order valence-electron chi connectivity index (χ1n) is 7.98. The van der Waals surface area contributed by atoms with E-state index in [9.17, 15) is 14.2 Å². The van der Waals surface area contributed by atoms with Crippen LogP contribution in [-0.2, 0) is 13.4 Å². The molecule has 0 aliphatic carbocycles. The normalized spacial score (nSPS) is 11.3. The van der Waals surface area contributed by atoms with Gasteiger partial charge in [0, 0.05) is 0 Å². The summed E-state index contributed by atoms with van der Waals surface area (Å²) in [7, 11) is -10.1. The molecule has 11 heteroatoms. The lowest BCUT2D eigenvalue weighted by Crippen LogP contribution is -1.88. The van der Waals surface area contributed by atoms with E-state index in [2.05, 4.69) is 4.31 Å². The molecule has 3 rings (SSSR count).